The van der Waals surface area contributed by atoms with E-state index in [1.807, 2.05) is 11.0 Å². The van der Waals surface area contributed by atoms with Crippen molar-refractivity contribution in [3.63, 3.8) is 0 Å². The van der Waals surface area contributed by atoms with Crippen molar-refractivity contribution in [2.45, 2.75) is 12.5 Å². The Labute approximate surface area is 158 Å². The lowest BCUT2D eigenvalue weighted by Crippen LogP contribution is -2.48. The first kappa shape index (κ1) is 21.4. The summed E-state index contributed by atoms with van der Waals surface area (Å²) in [6.07, 6.45) is 1.98. The molecule has 0 radical (unpaired) electrons. The minimum atomic E-state index is -0.0695. The molecule has 1 aromatic heterocycles. The first-order chi connectivity index (χ1) is 11.2. The summed E-state index contributed by atoms with van der Waals surface area (Å²) in [5.41, 5.74) is 0.650. The van der Waals surface area contributed by atoms with Gasteiger partial charge in [-0.25, -0.2) is 4.98 Å². The molecule has 3 N–H and O–H groups in total. The first-order valence-corrected chi connectivity index (χ1v) is 7.79. The second-order valence-corrected chi connectivity index (χ2v) is 5.65. The summed E-state index contributed by atoms with van der Waals surface area (Å²) in [5.74, 6) is 0.665. The minimum absolute atomic E-state index is 0. The van der Waals surface area contributed by atoms with E-state index < -0.39 is 0 Å². The standard InChI is InChI=1S/C15H21N5O3.2ClH/c21-14(7-12-10-23-6-4-16-12)19-11-1-2-13(18-8-11)20-5-3-17-15(22)9-20;;/h1-2,8,12,16H,3-7,9-10H2,(H,17,22)(H,19,21);2*1H. The lowest BCUT2D eigenvalue weighted by molar-refractivity contribution is -0.120. The highest BCUT2D eigenvalue weighted by Gasteiger charge is 2.18. The lowest BCUT2D eigenvalue weighted by Gasteiger charge is -2.27. The lowest BCUT2D eigenvalue weighted by atomic mass is 10.2. The number of aromatic nitrogens is 1. The fourth-order valence-corrected chi connectivity index (χ4v) is 2.67. The van der Waals surface area contributed by atoms with Gasteiger partial charge in [-0.3, -0.25) is 9.59 Å². The maximum atomic E-state index is 12.0. The number of pyridine rings is 1. The van der Waals surface area contributed by atoms with E-state index in [0.717, 1.165) is 18.9 Å². The van der Waals surface area contributed by atoms with Gasteiger partial charge in [0.15, 0.2) is 0 Å². The number of halogens is 2. The molecular formula is C15H23Cl2N5O3. The van der Waals surface area contributed by atoms with Crippen molar-refractivity contribution in [1.29, 1.82) is 0 Å². The van der Waals surface area contributed by atoms with Gasteiger partial charge in [0.1, 0.15) is 5.82 Å². The number of amides is 2. The van der Waals surface area contributed by atoms with Crippen molar-refractivity contribution in [1.82, 2.24) is 15.6 Å². The van der Waals surface area contributed by atoms with Gasteiger partial charge in [0.25, 0.3) is 0 Å². The Morgan fingerprint density at radius 3 is 2.84 bits per heavy atom. The summed E-state index contributed by atoms with van der Waals surface area (Å²) >= 11 is 0. The molecule has 2 saturated heterocycles. The fourth-order valence-electron chi connectivity index (χ4n) is 2.67. The van der Waals surface area contributed by atoms with E-state index >= 15 is 0 Å². The van der Waals surface area contributed by atoms with Crippen LogP contribution in [-0.4, -0.2) is 62.2 Å². The van der Waals surface area contributed by atoms with Crippen LogP contribution in [0.15, 0.2) is 18.3 Å². The number of nitrogens with zero attached hydrogens (tertiary/aromatic N) is 2. The Morgan fingerprint density at radius 2 is 2.20 bits per heavy atom. The van der Waals surface area contributed by atoms with E-state index in [4.69, 9.17) is 4.74 Å². The SMILES string of the molecule is Cl.Cl.O=C1CN(c2ccc(NC(=O)CC3COCCN3)cn2)CCN1. The molecule has 1 unspecified atom stereocenters. The molecule has 3 rings (SSSR count). The topological polar surface area (TPSA) is 95.6 Å². The summed E-state index contributed by atoms with van der Waals surface area (Å²) in [7, 11) is 0. The number of hydrogen-bond acceptors (Lipinski definition) is 6. The summed E-state index contributed by atoms with van der Waals surface area (Å²) in [4.78, 5) is 29.6. The maximum absolute atomic E-state index is 12.0. The van der Waals surface area contributed by atoms with Gasteiger partial charge >= 0.3 is 0 Å². The normalized spacial score (nSPS) is 19.9. The van der Waals surface area contributed by atoms with Crippen LogP contribution >= 0.6 is 24.8 Å². The van der Waals surface area contributed by atoms with Gasteiger partial charge in [-0.1, -0.05) is 0 Å². The van der Waals surface area contributed by atoms with Crippen molar-refractivity contribution in [3.05, 3.63) is 18.3 Å². The molecule has 0 aliphatic carbocycles. The van der Waals surface area contributed by atoms with E-state index in [2.05, 4.69) is 20.9 Å². The first-order valence-electron chi connectivity index (χ1n) is 7.79. The predicted octanol–water partition coefficient (Wildman–Crippen LogP) is 0.178. The van der Waals surface area contributed by atoms with Crippen LogP contribution in [0.25, 0.3) is 0 Å². The largest absolute Gasteiger partial charge is 0.378 e. The number of nitrogens with one attached hydrogen (secondary N) is 3. The van der Waals surface area contributed by atoms with Crippen molar-refractivity contribution in [2.75, 3.05) is 49.6 Å². The number of rotatable bonds is 4. The van der Waals surface area contributed by atoms with E-state index in [-0.39, 0.29) is 42.7 Å². The molecule has 3 heterocycles. The van der Waals surface area contributed by atoms with Gasteiger partial charge in [0.05, 0.1) is 31.6 Å². The molecule has 2 fully saturated rings. The van der Waals surface area contributed by atoms with Gasteiger partial charge in [-0.15, -0.1) is 24.8 Å². The molecule has 140 valence electrons. The van der Waals surface area contributed by atoms with Crippen LogP contribution < -0.4 is 20.9 Å². The molecule has 2 aliphatic rings. The van der Waals surface area contributed by atoms with Gasteiger partial charge in [-0.05, 0) is 12.1 Å². The highest BCUT2D eigenvalue weighted by molar-refractivity contribution is 5.91. The van der Waals surface area contributed by atoms with E-state index in [0.29, 0.717) is 38.4 Å². The van der Waals surface area contributed by atoms with Gasteiger partial charge in [0.2, 0.25) is 11.8 Å². The second-order valence-electron chi connectivity index (χ2n) is 5.65. The minimum Gasteiger partial charge on any atom is -0.378 e. The van der Waals surface area contributed by atoms with Crippen LogP contribution in [0.5, 0.6) is 0 Å². The van der Waals surface area contributed by atoms with Gasteiger partial charge in [-0.2, -0.15) is 0 Å². The summed E-state index contributed by atoms with van der Waals surface area (Å²) < 4.78 is 5.33. The van der Waals surface area contributed by atoms with Crippen molar-refractivity contribution < 1.29 is 14.3 Å². The van der Waals surface area contributed by atoms with Crippen LogP contribution in [0.3, 0.4) is 0 Å². The van der Waals surface area contributed by atoms with Crippen molar-refractivity contribution >= 4 is 48.1 Å². The molecule has 2 amide bonds. The molecule has 1 atom stereocenters. The molecular weight excluding hydrogens is 369 g/mol. The molecule has 25 heavy (non-hydrogen) atoms. The fraction of sp³-hybridized carbons (Fsp3) is 0.533. The second kappa shape index (κ2) is 10.4. The zero-order chi connectivity index (χ0) is 16.1. The number of hydrogen-bond donors (Lipinski definition) is 3. The van der Waals surface area contributed by atoms with Gasteiger partial charge in [0, 0.05) is 32.1 Å². The smallest absolute Gasteiger partial charge is 0.239 e. The molecule has 0 spiro atoms. The Morgan fingerprint density at radius 1 is 1.36 bits per heavy atom. The summed E-state index contributed by atoms with van der Waals surface area (Å²) in [5, 5.41) is 8.86. The molecule has 2 aliphatic heterocycles. The Hall–Kier alpha value is -1.61. The molecule has 0 bridgehead atoms. The van der Waals surface area contributed by atoms with E-state index in [1.165, 1.54) is 0 Å². The van der Waals surface area contributed by atoms with E-state index in [9.17, 15) is 9.59 Å². The van der Waals surface area contributed by atoms with Crippen LogP contribution in [0.4, 0.5) is 11.5 Å². The molecule has 0 saturated carbocycles. The number of carbonyl (C=O) groups is 2. The Kier molecular flexibility index (Phi) is 8.91. The average Bonchev–Trinajstić information content (AvgIpc) is 2.56. The van der Waals surface area contributed by atoms with Crippen LogP contribution in [-0.2, 0) is 14.3 Å². The number of morpholine rings is 1. The number of carbonyl (C=O) groups excluding carboxylic acids is 2. The Balaban J connectivity index is 0.00000156. The highest BCUT2D eigenvalue weighted by atomic mass is 35.5. The third-order valence-corrected chi connectivity index (χ3v) is 3.82. The molecule has 1 aromatic rings. The zero-order valence-electron chi connectivity index (χ0n) is 13.7. The third-order valence-electron chi connectivity index (χ3n) is 3.82. The monoisotopic (exact) mass is 391 g/mol. The zero-order valence-corrected chi connectivity index (χ0v) is 15.3. The Bertz CT molecular complexity index is 567. The van der Waals surface area contributed by atoms with Crippen molar-refractivity contribution in [3.8, 4) is 0 Å². The van der Waals surface area contributed by atoms with Crippen LogP contribution in [0.1, 0.15) is 6.42 Å². The average molecular weight is 392 g/mol. The predicted molar refractivity (Wildman–Crippen MR) is 99.8 cm³/mol. The summed E-state index contributed by atoms with van der Waals surface area (Å²) in [6.45, 7) is 3.69. The van der Waals surface area contributed by atoms with E-state index in [1.54, 1.807) is 12.3 Å². The number of anilines is 2. The maximum Gasteiger partial charge on any atom is 0.239 e. The van der Waals surface area contributed by atoms with Crippen molar-refractivity contribution in [2.24, 2.45) is 0 Å². The molecule has 0 aromatic carbocycles. The third kappa shape index (κ3) is 6.32. The summed E-state index contributed by atoms with van der Waals surface area (Å²) in [6, 6.07) is 3.68. The highest BCUT2D eigenvalue weighted by Crippen LogP contribution is 2.15. The van der Waals surface area contributed by atoms with Crippen LogP contribution in [0.2, 0.25) is 0 Å². The van der Waals surface area contributed by atoms with Crippen LogP contribution in [0, 0.1) is 0 Å². The quantitative estimate of drug-likeness (QED) is 0.677. The molecule has 8 nitrogen and oxygen atoms in total. The van der Waals surface area contributed by atoms with Gasteiger partial charge < -0.3 is 25.6 Å². The molecule has 10 heteroatoms. The number of ether oxygens (including phenoxy) is 1. The number of piperazine rings is 1.